The van der Waals surface area contributed by atoms with E-state index in [4.69, 9.17) is 9.47 Å². The number of rotatable bonds is 9. The number of aliphatic hydroxyl groups is 1. The summed E-state index contributed by atoms with van der Waals surface area (Å²) in [6, 6.07) is 16.2. The van der Waals surface area contributed by atoms with Crippen molar-refractivity contribution in [3.05, 3.63) is 59.7 Å². The Balaban J connectivity index is 1.88. The summed E-state index contributed by atoms with van der Waals surface area (Å²) in [6.07, 6.45) is 0.513. The third-order valence-electron chi connectivity index (χ3n) is 3.49. The number of methoxy groups -OCH3 is 1. The maximum absolute atomic E-state index is 9.26. The van der Waals surface area contributed by atoms with Crippen LogP contribution in [0.4, 0.5) is 0 Å². The molecular formula is C19H25NO3. The lowest BCUT2D eigenvalue weighted by Gasteiger charge is -2.13. The Hall–Kier alpha value is -2.04. The van der Waals surface area contributed by atoms with Crippen LogP contribution < -0.4 is 14.8 Å². The second-order valence-electron chi connectivity index (χ2n) is 5.55. The number of hydrogen-bond donors (Lipinski definition) is 2. The lowest BCUT2D eigenvalue weighted by Crippen LogP contribution is -2.23. The fraction of sp³-hybridized carbons (Fsp3) is 0.368. The topological polar surface area (TPSA) is 50.7 Å². The molecule has 2 aromatic carbocycles. The summed E-state index contributed by atoms with van der Waals surface area (Å²) in [5.74, 6) is 1.48. The monoisotopic (exact) mass is 315 g/mol. The molecule has 1 unspecified atom stereocenters. The van der Waals surface area contributed by atoms with E-state index in [1.807, 2.05) is 36.4 Å². The number of nitrogens with one attached hydrogen (secondary N) is 1. The van der Waals surface area contributed by atoms with Gasteiger partial charge < -0.3 is 19.9 Å². The van der Waals surface area contributed by atoms with Gasteiger partial charge in [-0.1, -0.05) is 36.4 Å². The molecule has 1 atom stereocenters. The van der Waals surface area contributed by atoms with Crippen LogP contribution in [0.3, 0.4) is 0 Å². The first-order valence-electron chi connectivity index (χ1n) is 7.91. The van der Waals surface area contributed by atoms with Crippen molar-refractivity contribution in [3.8, 4) is 11.5 Å². The second-order valence-corrected chi connectivity index (χ2v) is 5.55. The minimum absolute atomic E-state index is 0.350. The van der Waals surface area contributed by atoms with Gasteiger partial charge in [0, 0.05) is 19.5 Å². The Bertz CT molecular complexity index is 584. The van der Waals surface area contributed by atoms with Gasteiger partial charge in [0.15, 0.2) is 11.5 Å². The molecule has 0 heterocycles. The van der Waals surface area contributed by atoms with Gasteiger partial charge in [-0.3, -0.25) is 0 Å². The fourth-order valence-corrected chi connectivity index (χ4v) is 2.29. The second kappa shape index (κ2) is 9.18. The zero-order chi connectivity index (χ0) is 16.5. The van der Waals surface area contributed by atoms with E-state index in [-0.39, 0.29) is 6.10 Å². The Morgan fingerprint density at radius 1 is 1.04 bits per heavy atom. The molecule has 2 aromatic rings. The fourth-order valence-electron chi connectivity index (χ4n) is 2.29. The predicted octanol–water partition coefficient (Wildman–Crippen LogP) is 2.79. The molecule has 2 N–H and O–H groups in total. The van der Waals surface area contributed by atoms with Crippen molar-refractivity contribution in [2.75, 3.05) is 20.3 Å². The first-order valence-corrected chi connectivity index (χ1v) is 7.91. The summed E-state index contributed by atoms with van der Waals surface area (Å²) in [5.41, 5.74) is 2.35. The highest BCUT2D eigenvalue weighted by Gasteiger charge is 2.06. The molecule has 0 aromatic heterocycles. The summed E-state index contributed by atoms with van der Waals surface area (Å²) >= 11 is 0. The van der Waals surface area contributed by atoms with E-state index < -0.39 is 0 Å². The standard InChI is InChI=1S/C19H25NO3/c1-15(21)13-20-14-17-8-9-18(19(12-17)22-2)23-11-10-16-6-4-3-5-7-16/h3-9,12,15,20-21H,10-11,13-14H2,1-2H3. The van der Waals surface area contributed by atoms with Gasteiger partial charge in [0.1, 0.15) is 0 Å². The van der Waals surface area contributed by atoms with Crippen LogP contribution in [-0.4, -0.2) is 31.5 Å². The third kappa shape index (κ3) is 5.93. The minimum atomic E-state index is -0.350. The van der Waals surface area contributed by atoms with Gasteiger partial charge in [-0.15, -0.1) is 0 Å². The van der Waals surface area contributed by atoms with Crippen LogP contribution in [0.1, 0.15) is 18.1 Å². The third-order valence-corrected chi connectivity index (χ3v) is 3.49. The molecule has 2 rings (SSSR count). The molecule has 4 heteroatoms. The van der Waals surface area contributed by atoms with Gasteiger partial charge in [-0.05, 0) is 30.2 Å². The number of benzene rings is 2. The van der Waals surface area contributed by atoms with Crippen molar-refractivity contribution in [1.29, 1.82) is 0 Å². The van der Waals surface area contributed by atoms with Gasteiger partial charge in [-0.25, -0.2) is 0 Å². The summed E-state index contributed by atoms with van der Waals surface area (Å²) in [7, 11) is 1.65. The molecular weight excluding hydrogens is 290 g/mol. The molecule has 0 bridgehead atoms. The first kappa shape index (κ1) is 17.3. The smallest absolute Gasteiger partial charge is 0.161 e. The highest BCUT2D eigenvalue weighted by Crippen LogP contribution is 2.28. The van der Waals surface area contributed by atoms with E-state index in [1.54, 1.807) is 14.0 Å². The molecule has 124 valence electrons. The lowest BCUT2D eigenvalue weighted by atomic mass is 10.1. The molecule has 0 fully saturated rings. The predicted molar refractivity (Wildman–Crippen MR) is 92.0 cm³/mol. The Morgan fingerprint density at radius 3 is 2.52 bits per heavy atom. The number of ether oxygens (including phenoxy) is 2. The largest absolute Gasteiger partial charge is 0.493 e. The van der Waals surface area contributed by atoms with Crippen LogP contribution in [0.2, 0.25) is 0 Å². The summed E-state index contributed by atoms with van der Waals surface area (Å²) < 4.78 is 11.3. The number of aliphatic hydroxyl groups excluding tert-OH is 1. The Labute approximate surface area is 138 Å². The Kier molecular flexibility index (Phi) is 6.91. The van der Waals surface area contributed by atoms with E-state index >= 15 is 0 Å². The van der Waals surface area contributed by atoms with Crippen molar-refractivity contribution in [3.63, 3.8) is 0 Å². The molecule has 0 saturated carbocycles. The van der Waals surface area contributed by atoms with Gasteiger partial charge >= 0.3 is 0 Å². The molecule has 4 nitrogen and oxygen atoms in total. The Morgan fingerprint density at radius 2 is 1.83 bits per heavy atom. The maximum Gasteiger partial charge on any atom is 0.161 e. The molecule has 0 saturated heterocycles. The molecule has 0 amide bonds. The van der Waals surface area contributed by atoms with E-state index in [9.17, 15) is 5.11 Å². The van der Waals surface area contributed by atoms with Gasteiger partial charge in [0.2, 0.25) is 0 Å². The van der Waals surface area contributed by atoms with Crippen molar-refractivity contribution < 1.29 is 14.6 Å². The number of hydrogen-bond acceptors (Lipinski definition) is 4. The van der Waals surface area contributed by atoms with Crippen LogP contribution in [0.15, 0.2) is 48.5 Å². The van der Waals surface area contributed by atoms with E-state index in [1.165, 1.54) is 5.56 Å². The quantitative estimate of drug-likeness (QED) is 0.747. The molecule has 0 aliphatic carbocycles. The highest BCUT2D eigenvalue weighted by molar-refractivity contribution is 5.43. The van der Waals surface area contributed by atoms with Crippen molar-refractivity contribution >= 4 is 0 Å². The van der Waals surface area contributed by atoms with Crippen LogP contribution in [0, 0.1) is 0 Å². The first-order chi connectivity index (χ1) is 11.2. The molecule has 0 aliphatic heterocycles. The maximum atomic E-state index is 9.26. The van der Waals surface area contributed by atoms with Crippen LogP contribution in [0.25, 0.3) is 0 Å². The van der Waals surface area contributed by atoms with Gasteiger partial charge in [-0.2, -0.15) is 0 Å². The van der Waals surface area contributed by atoms with E-state index in [0.717, 1.165) is 23.5 Å². The highest BCUT2D eigenvalue weighted by atomic mass is 16.5. The average molecular weight is 315 g/mol. The van der Waals surface area contributed by atoms with Crippen LogP contribution in [-0.2, 0) is 13.0 Å². The van der Waals surface area contributed by atoms with Crippen LogP contribution >= 0.6 is 0 Å². The zero-order valence-corrected chi connectivity index (χ0v) is 13.8. The SMILES string of the molecule is COc1cc(CNCC(C)O)ccc1OCCc1ccccc1. The van der Waals surface area contributed by atoms with E-state index in [2.05, 4.69) is 17.4 Å². The van der Waals surface area contributed by atoms with Crippen molar-refractivity contribution in [2.24, 2.45) is 0 Å². The minimum Gasteiger partial charge on any atom is -0.493 e. The van der Waals surface area contributed by atoms with Gasteiger partial charge in [0.05, 0.1) is 19.8 Å². The van der Waals surface area contributed by atoms with Crippen molar-refractivity contribution in [2.45, 2.75) is 26.0 Å². The normalized spacial score (nSPS) is 12.0. The van der Waals surface area contributed by atoms with Crippen LogP contribution in [0.5, 0.6) is 11.5 Å². The van der Waals surface area contributed by atoms with Crippen molar-refractivity contribution in [1.82, 2.24) is 5.32 Å². The molecule has 23 heavy (non-hydrogen) atoms. The lowest BCUT2D eigenvalue weighted by molar-refractivity contribution is 0.191. The summed E-state index contributed by atoms with van der Waals surface area (Å²) in [5, 5.41) is 12.4. The molecule has 0 radical (unpaired) electrons. The summed E-state index contributed by atoms with van der Waals surface area (Å²) in [4.78, 5) is 0. The van der Waals surface area contributed by atoms with E-state index in [0.29, 0.717) is 19.7 Å². The molecule has 0 aliphatic rings. The average Bonchev–Trinajstić information content (AvgIpc) is 2.56. The molecule has 0 spiro atoms. The van der Waals surface area contributed by atoms with Gasteiger partial charge in [0.25, 0.3) is 0 Å². The zero-order valence-electron chi connectivity index (χ0n) is 13.8. The summed E-state index contributed by atoms with van der Waals surface area (Å²) in [6.45, 7) is 3.63.